The number of hydrogen-bond acceptors (Lipinski definition) is 5. The van der Waals surface area contributed by atoms with Crippen LogP contribution in [0.1, 0.15) is 15.2 Å². The van der Waals surface area contributed by atoms with E-state index in [4.69, 9.17) is 16.3 Å². The average molecular weight is 414 g/mol. The Hall–Kier alpha value is -1.70. The van der Waals surface area contributed by atoms with Gasteiger partial charge in [-0.25, -0.2) is 9.78 Å². The zero-order valence-corrected chi connectivity index (χ0v) is 15.3. The van der Waals surface area contributed by atoms with Crippen LogP contribution in [0, 0.1) is 6.92 Å². The van der Waals surface area contributed by atoms with Crippen LogP contribution >= 0.6 is 38.9 Å². The molecule has 23 heavy (non-hydrogen) atoms. The number of benzene rings is 1. The maximum atomic E-state index is 12.4. The number of thiophene rings is 1. The van der Waals surface area contributed by atoms with Crippen molar-refractivity contribution in [1.82, 2.24) is 9.55 Å². The fraction of sp³-hybridized carbons (Fsp3) is 0.133. The Bertz CT molecular complexity index is 996. The Morgan fingerprint density at radius 2 is 2.17 bits per heavy atom. The van der Waals surface area contributed by atoms with Crippen LogP contribution in [0.5, 0.6) is 5.75 Å². The van der Waals surface area contributed by atoms with Crippen molar-refractivity contribution in [3.8, 4) is 5.75 Å². The van der Waals surface area contributed by atoms with Gasteiger partial charge in [0.2, 0.25) is 0 Å². The topological polar surface area (TPSA) is 61.2 Å². The van der Waals surface area contributed by atoms with E-state index in [1.54, 1.807) is 32.2 Å². The van der Waals surface area contributed by atoms with Crippen LogP contribution in [0.4, 0.5) is 0 Å². The van der Waals surface area contributed by atoms with E-state index in [0.29, 0.717) is 35.9 Å². The number of halogens is 2. The summed E-state index contributed by atoms with van der Waals surface area (Å²) in [5.74, 6) is -0.173. The van der Waals surface area contributed by atoms with E-state index in [1.807, 2.05) is 0 Å². The fourth-order valence-corrected chi connectivity index (χ4v) is 3.89. The molecule has 0 saturated heterocycles. The molecule has 0 atom stereocenters. The first kappa shape index (κ1) is 16.2. The van der Waals surface area contributed by atoms with E-state index < -0.39 is 5.97 Å². The van der Waals surface area contributed by atoms with Crippen molar-refractivity contribution in [2.24, 2.45) is 7.05 Å². The van der Waals surface area contributed by atoms with E-state index in [1.165, 1.54) is 10.9 Å². The fourth-order valence-electron chi connectivity index (χ4n) is 2.11. The number of esters is 1. The van der Waals surface area contributed by atoms with Crippen molar-refractivity contribution < 1.29 is 9.53 Å². The van der Waals surface area contributed by atoms with Crippen molar-refractivity contribution in [1.29, 1.82) is 0 Å². The lowest BCUT2D eigenvalue weighted by Crippen LogP contribution is -2.17. The normalized spacial score (nSPS) is 11.0. The number of carbonyl (C=O) groups is 1. The Labute approximate surface area is 148 Å². The molecule has 0 aliphatic heterocycles. The van der Waals surface area contributed by atoms with Gasteiger partial charge in [0.15, 0.2) is 0 Å². The third kappa shape index (κ3) is 2.91. The smallest absolute Gasteiger partial charge is 0.354 e. The molecule has 0 bridgehead atoms. The molecule has 0 saturated carbocycles. The highest BCUT2D eigenvalue weighted by Crippen LogP contribution is 2.31. The summed E-state index contributed by atoms with van der Waals surface area (Å²) < 4.78 is 7.35. The molecule has 0 aliphatic rings. The minimum atomic E-state index is -0.532. The number of aromatic nitrogens is 2. The van der Waals surface area contributed by atoms with Gasteiger partial charge in [0, 0.05) is 12.1 Å². The summed E-state index contributed by atoms with van der Waals surface area (Å²) in [6.07, 6.45) is 1.44. The van der Waals surface area contributed by atoms with Crippen molar-refractivity contribution in [2.45, 2.75) is 6.92 Å². The SMILES string of the molecule is Cc1c(C(=O)Oc2ccc(Cl)cc2Br)sc2ncn(C)c(=O)c12. The first-order valence-corrected chi connectivity index (χ1v) is 8.49. The predicted molar refractivity (Wildman–Crippen MR) is 93.7 cm³/mol. The van der Waals surface area contributed by atoms with Gasteiger partial charge in [0.05, 0.1) is 16.2 Å². The van der Waals surface area contributed by atoms with Crippen LogP contribution in [-0.2, 0) is 7.05 Å². The third-order valence-corrected chi connectivity index (χ3v) is 5.33. The second-order valence-electron chi connectivity index (χ2n) is 4.86. The molecule has 1 aromatic carbocycles. The van der Waals surface area contributed by atoms with Gasteiger partial charge in [-0.3, -0.25) is 4.79 Å². The van der Waals surface area contributed by atoms with Gasteiger partial charge in [-0.05, 0) is 46.6 Å². The minimum Gasteiger partial charge on any atom is -0.421 e. The van der Waals surface area contributed by atoms with Crippen molar-refractivity contribution >= 4 is 55.1 Å². The van der Waals surface area contributed by atoms with Gasteiger partial charge >= 0.3 is 5.97 Å². The van der Waals surface area contributed by atoms with Gasteiger partial charge in [-0.15, -0.1) is 11.3 Å². The van der Waals surface area contributed by atoms with Crippen LogP contribution in [0.3, 0.4) is 0 Å². The molecule has 8 heteroatoms. The molecule has 0 N–H and O–H groups in total. The van der Waals surface area contributed by atoms with Gasteiger partial charge in [-0.2, -0.15) is 0 Å². The molecule has 0 fully saturated rings. The van der Waals surface area contributed by atoms with E-state index in [9.17, 15) is 9.59 Å². The van der Waals surface area contributed by atoms with Gasteiger partial charge in [0.25, 0.3) is 5.56 Å². The Morgan fingerprint density at radius 1 is 1.43 bits per heavy atom. The first-order chi connectivity index (χ1) is 10.9. The standard InChI is InChI=1S/C15H10BrClN2O3S/c1-7-11-13(18-6-19(2)14(11)20)23-12(7)15(21)22-10-4-3-8(17)5-9(10)16/h3-6H,1-2H3. The predicted octanol–water partition coefficient (Wildman–Crippen LogP) is 3.94. The summed E-state index contributed by atoms with van der Waals surface area (Å²) in [6.45, 7) is 1.72. The summed E-state index contributed by atoms with van der Waals surface area (Å²) >= 11 is 10.3. The van der Waals surface area contributed by atoms with Gasteiger partial charge in [-0.1, -0.05) is 11.6 Å². The lowest BCUT2D eigenvalue weighted by Gasteiger charge is -2.06. The zero-order valence-electron chi connectivity index (χ0n) is 12.1. The van der Waals surface area contributed by atoms with Crippen LogP contribution in [0.25, 0.3) is 10.2 Å². The number of rotatable bonds is 2. The van der Waals surface area contributed by atoms with Crippen LogP contribution in [0.2, 0.25) is 5.02 Å². The van der Waals surface area contributed by atoms with Gasteiger partial charge < -0.3 is 9.30 Å². The second-order valence-corrected chi connectivity index (χ2v) is 7.15. The summed E-state index contributed by atoms with van der Waals surface area (Å²) in [4.78, 5) is 29.7. The minimum absolute atomic E-state index is 0.185. The summed E-state index contributed by atoms with van der Waals surface area (Å²) in [5, 5.41) is 0.976. The maximum Gasteiger partial charge on any atom is 0.354 e. The highest BCUT2D eigenvalue weighted by Gasteiger charge is 2.21. The van der Waals surface area contributed by atoms with Crippen molar-refractivity contribution in [3.05, 3.63) is 54.8 Å². The number of hydrogen-bond donors (Lipinski definition) is 0. The highest BCUT2D eigenvalue weighted by molar-refractivity contribution is 9.10. The summed E-state index contributed by atoms with van der Waals surface area (Å²) in [6, 6.07) is 4.87. The molecular weight excluding hydrogens is 404 g/mol. The largest absolute Gasteiger partial charge is 0.421 e. The molecular formula is C15H10BrClN2O3S. The quantitative estimate of drug-likeness (QED) is 0.472. The van der Waals surface area contributed by atoms with Crippen molar-refractivity contribution in [2.75, 3.05) is 0 Å². The third-order valence-electron chi connectivity index (χ3n) is 3.29. The molecule has 3 aromatic rings. The van der Waals surface area contributed by atoms with E-state index in [2.05, 4.69) is 20.9 Å². The number of fused-ring (bicyclic) bond motifs is 1. The molecule has 0 aliphatic carbocycles. The lowest BCUT2D eigenvalue weighted by molar-refractivity contribution is 0.0738. The molecule has 0 amide bonds. The van der Waals surface area contributed by atoms with Crippen molar-refractivity contribution in [3.63, 3.8) is 0 Å². The molecule has 3 rings (SSSR count). The van der Waals surface area contributed by atoms with E-state index in [-0.39, 0.29) is 5.56 Å². The highest BCUT2D eigenvalue weighted by atomic mass is 79.9. The molecule has 5 nitrogen and oxygen atoms in total. The summed E-state index contributed by atoms with van der Waals surface area (Å²) in [5.41, 5.74) is 0.393. The molecule has 2 heterocycles. The monoisotopic (exact) mass is 412 g/mol. The Kier molecular flexibility index (Phi) is 4.27. The molecule has 0 spiro atoms. The number of aryl methyl sites for hydroxylation is 2. The molecule has 2 aromatic heterocycles. The summed E-state index contributed by atoms with van der Waals surface area (Å²) in [7, 11) is 1.62. The lowest BCUT2D eigenvalue weighted by atomic mass is 10.2. The van der Waals surface area contributed by atoms with Crippen LogP contribution in [-0.4, -0.2) is 15.5 Å². The number of nitrogens with zero attached hydrogens (tertiary/aromatic N) is 2. The first-order valence-electron chi connectivity index (χ1n) is 6.50. The number of ether oxygens (including phenoxy) is 1. The van der Waals surface area contributed by atoms with Crippen LogP contribution < -0.4 is 10.3 Å². The zero-order chi connectivity index (χ0) is 16.7. The molecule has 118 valence electrons. The Morgan fingerprint density at radius 3 is 2.87 bits per heavy atom. The Balaban J connectivity index is 2.03. The molecule has 0 unspecified atom stereocenters. The number of carbonyl (C=O) groups excluding carboxylic acids is 1. The van der Waals surface area contributed by atoms with Gasteiger partial charge in [0.1, 0.15) is 15.5 Å². The molecule has 0 radical (unpaired) electrons. The maximum absolute atomic E-state index is 12.4. The van der Waals surface area contributed by atoms with Crippen LogP contribution in [0.15, 0.2) is 33.8 Å². The van der Waals surface area contributed by atoms with E-state index in [0.717, 1.165) is 11.3 Å². The average Bonchev–Trinajstić information content (AvgIpc) is 2.84. The second kappa shape index (κ2) is 6.07. The van der Waals surface area contributed by atoms with E-state index >= 15 is 0 Å².